The number of ketones is 2. The minimum Gasteiger partial charge on any atom is -0.461 e. The number of aliphatic hydroxyl groups is 2. The number of carbonyl (C=O) groups excluding carboxylic acids is 10. The standard InChI is InChI=1S/C48H62F2N6O8.C44H58F2N6O6/c1-9-25(4)46(60)54-40(11-3)48(62)56-24-35(64-28(7)58)20-33(56)22-39-37-15-13-31(50)18-42(37)53-45(39)44-38(36-14-12-30(49)17-41(36)52-44)21-32-19-34(63-27(6)57)23-55(32)47(61)29(10-2)16-43(59)26(5)51-8;1-7-23(4)42(56)50-36(9-3)44(58)52-22-31(54)18-29(52)20-35-33-13-11-27(46)16-38(33)49-41(35)40-34(32-12-10-26(45)15-37(32)48-40)19-28-17-30(53)21-51(28)43(57)25(8-2)14-39(55)24(5)47-6/h12-15,17-18,25-26,29,32-35,40,51-53H,9-11,16,19-24H2,1-8H3,(H,54,60);10-13,15-16,23-25,28-31,36,47-49,53-54H,7-9,14,17-22H2,1-6H3,(H,50,56)/t25-,26+,29-,32+,33+,34+,35+,40+;23-,24+,25-,28+,29+,30+,31+,36+/m11/s1/i1D3,8D3,21D2,22D2;1D3,6D3,19D2,20D2. The molecule has 0 spiro atoms. The van der Waals surface area contributed by atoms with Crippen LogP contribution in [-0.2, 0) is 82.9 Å². The van der Waals surface area contributed by atoms with Gasteiger partial charge in [-0.15, -0.1) is 0 Å². The summed E-state index contributed by atoms with van der Waals surface area (Å²) in [7, 11) is 0. The van der Waals surface area contributed by atoms with Gasteiger partial charge in [-0.2, -0.15) is 0 Å². The number of aromatic nitrogens is 4. The summed E-state index contributed by atoms with van der Waals surface area (Å²) in [6.07, 6.45) is -18.3. The zero-order chi connectivity index (χ0) is 106. The van der Waals surface area contributed by atoms with Crippen LogP contribution in [0, 0.1) is 46.9 Å². The number of β-amino-alcohol motifs (C(OH)–C–C–N with tert-alkyl or cyclic N) is 2. The van der Waals surface area contributed by atoms with Crippen molar-refractivity contribution >= 4 is 103 Å². The number of nitrogens with zero attached hydrogens (tertiary/aromatic N) is 4. The lowest BCUT2D eigenvalue weighted by Crippen LogP contribution is -2.51. The smallest absolute Gasteiger partial charge is 0.302 e. The van der Waals surface area contributed by atoms with Crippen molar-refractivity contribution in [2.75, 3.05) is 40.1 Å². The van der Waals surface area contributed by atoms with Crippen LogP contribution in [0.2, 0.25) is 0 Å². The first-order valence-electron chi connectivity index (χ1n) is 51.2. The highest BCUT2D eigenvalue weighted by Gasteiger charge is 2.46. The van der Waals surface area contributed by atoms with E-state index in [-0.39, 0.29) is 166 Å². The molecule has 122 heavy (non-hydrogen) atoms. The number of benzene rings is 4. The van der Waals surface area contributed by atoms with E-state index >= 15 is 17.6 Å². The van der Waals surface area contributed by atoms with E-state index in [2.05, 4.69) is 41.2 Å². The molecule has 26 nitrogen and oxygen atoms in total. The molecule has 0 saturated carbocycles. The first kappa shape index (κ1) is 68.2. The Kier molecular flexibility index (Phi) is 22.5. The third-order valence-corrected chi connectivity index (χ3v) is 23.2. The Balaban J connectivity index is 0.000000272. The number of H-pyrrole nitrogens is 4. The lowest BCUT2D eigenvalue weighted by Gasteiger charge is -2.30. The van der Waals surface area contributed by atoms with E-state index in [0.29, 0.717) is 0 Å². The van der Waals surface area contributed by atoms with Gasteiger partial charge in [0.2, 0.25) is 35.4 Å². The zero-order valence-corrected chi connectivity index (χ0v) is 69.6. The van der Waals surface area contributed by atoms with Crippen LogP contribution in [0.15, 0.2) is 72.8 Å². The highest BCUT2D eigenvalue weighted by Crippen LogP contribution is 2.44. The summed E-state index contributed by atoms with van der Waals surface area (Å²) in [6.45, 7) is 2.60. The predicted molar refractivity (Wildman–Crippen MR) is 457 cm³/mol. The monoisotopic (exact) mass is 1710 g/mol. The molecule has 12 rings (SSSR count). The molecule has 4 aromatic carbocycles. The third-order valence-electron chi connectivity index (χ3n) is 23.2. The number of amides is 6. The van der Waals surface area contributed by atoms with Gasteiger partial charge in [0.05, 0.1) is 60.2 Å². The van der Waals surface area contributed by atoms with Gasteiger partial charge in [0, 0.05) is 171 Å². The van der Waals surface area contributed by atoms with E-state index in [0.717, 1.165) is 82.0 Å². The fraction of sp³-hybridized carbons (Fsp3) is 0.543. The molecular weight excluding hydrogens is 1570 g/mol. The molecule has 0 bridgehead atoms. The minimum atomic E-state index is -2.75. The van der Waals surface area contributed by atoms with Crippen molar-refractivity contribution < 1.29 is 113 Å². The summed E-state index contributed by atoms with van der Waals surface area (Å²) in [5.41, 5.74) is -1.45. The SMILES string of the molecule is [2H]C([2H])([2H])C[C@@H](C)C(=O)N[C@@H](CC)C(=O)N1C[C@@H](O)C[C@H]1C([2H])([2H])c1c(-c2[nH]c3cc(F)ccc3c2C([2H])([2H])[C@@H]2C[C@H](O)CN2C(=O)[C@H](CC)CC(=O)[C@H](C)NC([2H])([2H])[2H])[nH]c2cc(F)ccc12.[2H]C([2H])([2H])C[C@@H](C)C(=O)N[C@@H](CC)C(=O)N1C[C@@H](OC(C)=O)C[C@H]1C([2H])([2H])c1c(-c2[nH]c3cc(F)ccc3c2C([2H])([2H])[C@@H]2C[C@H](OC(C)=O)CN2C(=O)[C@H](CC)CC(=O)[C@H](C)NC([2H])([2H])[2H])[nH]c2cc(F)ccc12. The number of aromatic amines is 4. The number of likely N-dealkylation sites (N-methyl/N-ethyl adjacent to an activating group) is 2. The van der Waals surface area contributed by atoms with Crippen LogP contribution >= 0.6 is 0 Å². The molecule has 0 unspecified atom stereocenters. The van der Waals surface area contributed by atoms with Gasteiger partial charge in [-0.3, -0.25) is 47.9 Å². The minimum absolute atomic E-state index is 0.00910. The van der Waals surface area contributed by atoms with Gasteiger partial charge in [-0.05, 0) is 200 Å². The van der Waals surface area contributed by atoms with E-state index < -0.39 is 257 Å². The van der Waals surface area contributed by atoms with Crippen molar-refractivity contribution in [2.45, 2.75) is 258 Å². The quantitative estimate of drug-likeness (QED) is 0.0132. The number of ether oxygens (including phenoxy) is 2. The zero-order valence-electron chi connectivity index (χ0n) is 89.6. The number of fused-ring (bicyclic) bond motifs is 4. The van der Waals surface area contributed by atoms with Gasteiger partial charge in [-0.1, -0.05) is 55.2 Å². The molecule has 4 aliphatic rings. The maximum absolute atomic E-state index is 15.2. The summed E-state index contributed by atoms with van der Waals surface area (Å²) in [5, 5.41) is 32.1. The highest BCUT2D eigenvalue weighted by molar-refractivity contribution is 5.99. The number of aliphatic hydroxyl groups excluding tert-OH is 2. The Morgan fingerprint density at radius 3 is 1.02 bits per heavy atom. The molecule has 30 heteroatoms. The largest absolute Gasteiger partial charge is 0.461 e. The van der Waals surface area contributed by atoms with Crippen LogP contribution in [-0.4, -0.2) is 222 Å². The Labute approximate surface area is 736 Å². The maximum atomic E-state index is 15.2. The number of esters is 2. The summed E-state index contributed by atoms with van der Waals surface area (Å²) in [6, 6.07) is 2.92. The molecule has 8 aromatic rings. The number of hydrogen-bond donors (Lipinski definition) is 10. The van der Waals surface area contributed by atoms with Crippen LogP contribution in [0.1, 0.15) is 210 Å². The first-order chi connectivity index (χ1) is 65.7. The fourth-order valence-corrected chi connectivity index (χ4v) is 16.3. The lowest BCUT2D eigenvalue weighted by atomic mass is 9.93. The topological polar surface area (TPSA) is 354 Å². The van der Waals surface area contributed by atoms with Crippen LogP contribution in [0.25, 0.3) is 66.4 Å². The summed E-state index contributed by atoms with van der Waals surface area (Å²) < 4.78 is 242. The van der Waals surface area contributed by atoms with Gasteiger partial charge in [0.25, 0.3) is 0 Å². The lowest BCUT2D eigenvalue weighted by molar-refractivity contribution is -0.147. The number of halogens is 4. The number of carbonyl (C=O) groups is 10. The normalized spacial score (nSPS) is 24.5. The van der Waals surface area contributed by atoms with E-state index in [1.807, 2.05) is 0 Å². The van der Waals surface area contributed by atoms with Gasteiger partial charge in [-0.25, -0.2) is 17.6 Å². The molecule has 4 aromatic heterocycles. The highest BCUT2D eigenvalue weighted by atomic mass is 19.1. The molecule has 8 heterocycles. The number of Topliss-reactive ketones (excluding diaryl/α,β-unsaturated/α-hetero) is 2. The van der Waals surface area contributed by atoms with E-state index in [9.17, 15) is 69.1 Å². The first-order valence-corrected chi connectivity index (χ1v) is 41.2. The van der Waals surface area contributed by atoms with E-state index in [1.165, 1.54) is 52.0 Å². The Bertz CT molecular complexity index is 5710. The van der Waals surface area contributed by atoms with Crippen molar-refractivity contribution in [1.82, 2.24) is 60.8 Å². The molecular formula is C92H120F4N12O14. The number of hydrogen-bond acceptors (Lipinski definition) is 16. The molecule has 16 atom stereocenters. The van der Waals surface area contributed by atoms with Gasteiger partial charge < -0.3 is 80.5 Å². The van der Waals surface area contributed by atoms with Crippen LogP contribution in [0.3, 0.4) is 0 Å². The second-order valence-corrected chi connectivity index (χ2v) is 32.0. The summed E-state index contributed by atoms with van der Waals surface area (Å²) in [5.74, 6) is -14.2. The molecule has 4 fully saturated rings. The van der Waals surface area contributed by atoms with E-state index in [4.69, 9.17) is 25.9 Å². The molecule has 4 aliphatic heterocycles. The second kappa shape index (κ2) is 40.4. The Morgan fingerprint density at radius 1 is 0.443 bits per heavy atom. The van der Waals surface area contributed by atoms with E-state index in [1.54, 1.807) is 27.7 Å². The second-order valence-electron chi connectivity index (χ2n) is 32.0. The molecule has 10 N–H and O–H groups in total. The van der Waals surface area contributed by atoms with Gasteiger partial charge in [0.1, 0.15) is 59.1 Å². The average molecular weight is 1710 g/mol. The predicted octanol–water partition coefficient (Wildman–Crippen LogP) is 11.4. The Morgan fingerprint density at radius 2 is 0.738 bits per heavy atom. The molecule has 6 amide bonds. The van der Waals surface area contributed by atoms with Crippen LogP contribution in [0.4, 0.5) is 17.6 Å². The van der Waals surface area contributed by atoms with Crippen molar-refractivity contribution in [3.63, 3.8) is 0 Å². The van der Waals surface area contributed by atoms with Crippen molar-refractivity contribution in [3.8, 4) is 22.8 Å². The molecule has 4 saturated heterocycles. The average Bonchev–Trinajstić information content (AvgIpc) is 1.56. The van der Waals surface area contributed by atoms with Crippen molar-refractivity contribution in [3.05, 3.63) is 118 Å². The van der Waals surface area contributed by atoms with Crippen molar-refractivity contribution in [2.24, 2.45) is 23.7 Å². The number of rotatable bonds is 34. The molecule has 0 aliphatic carbocycles. The maximum Gasteiger partial charge on any atom is 0.302 e. The molecule has 0 radical (unpaired) electrons. The molecule has 660 valence electrons. The Hall–Kier alpha value is -10.3. The van der Waals surface area contributed by atoms with Crippen LogP contribution in [0.5, 0.6) is 0 Å². The summed E-state index contributed by atoms with van der Waals surface area (Å²) >= 11 is 0. The number of likely N-dealkylation sites (tertiary alicyclic amines) is 4. The van der Waals surface area contributed by atoms with Crippen molar-refractivity contribution in [1.29, 1.82) is 0 Å². The van der Waals surface area contributed by atoms with Crippen LogP contribution < -0.4 is 21.3 Å². The third kappa shape index (κ3) is 20.8. The van der Waals surface area contributed by atoms with Gasteiger partial charge in [0.15, 0.2) is 0 Å². The summed E-state index contributed by atoms with van der Waals surface area (Å²) in [4.78, 5) is 153. The van der Waals surface area contributed by atoms with Gasteiger partial charge >= 0.3 is 11.9 Å². The number of nitrogens with one attached hydrogen (secondary N) is 8. The fourth-order valence-electron chi connectivity index (χ4n) is 16.3.